The Bertz CT molecular complexity index is 870. The van der Waals surface area contributed by atoms with Gasteiger partial charge in [-0.25, -0.2) is 0 Å². The van der Waals surface area contributed by atoms with Gasteiger partial charge in [0.2, 0.25) is 0 Å². The van der Waals surface area contributed by atoms with E-state index >= 15 is 0 Å². The zero-order chi connectivity index (χ0) is 19.4. The van der Waals surface area contributed by atoms with Crippen molar-refractivity contribution >= 4 is 23.1 Å². The molecule has 7 nitrogen and oxygen atoms in total. The predicted molar refractivity (Wildman–Crippen MR) is 110 cm³/mol. The number of pyridine rings is 1. The summed E-state index contributed by atoms with van der Waals surface area (Å²) >= 11 is 0. The molecule has 1 aromatic carbocycles. The zero-order valence-corrected chi connectivity index (χ0v) is 16.0. The summed E-state index contributed by atoms with van der Waals surface area (Å²) in [6.45, 7) is 2.37. The molecule has 0 aliphatic carbocycles. The lowest BCUT2D eigenvalue weighted by Gasteiger charge is -2.47. The number of nitrogens with one attached hydrogen (secondary N) is 2. The molecule has 2 N–H and O–H groups in total. The number of fused-ring (bicyclic) bond motifs is 1. The van der Waals surface area contributed by atoms with Crippen molar-refractivity contribution in [3.05, 3.63) is 54.4 Å². The zero-order valence-electron chi connectivity index (χ0n) is 16.0. The number of nitrogens with zero attached hydrogens (tertiary/aromatic N) is 3. The van der Waals surface area contributed by atoms with Gasteiger partial charge < -0.3 is 20.3 Å². The van der Waals surface area contributed by atoms with E-state index in [4.69, 9.17) is 9.73 Å². The van der Waals surface area contributed by atoms with Crippen LogP contribution >= 0.6 is 0 Å². The Morgan fingerprint density at radius 2 is 2.07 bits per heavy atom. The fourth-order valence-electron chi connectivity index (χ4n) is 3.88. The number of aliphatic imine (C=N–C) groups is 1. The van der Waals surface area contributed by atoms with Crippen LogP contribution in [0.1, 0.15) is 23.3 Å². The summed E-state index contributed by atoms with van der Waals surface area (Å²) in [5, 5.41) is 7.17. The Hall–Kier alpha value is -2.93. The van der Waals surface area contributed by atoms with Crippen molar-refractivity contribution in [2.24, 2.45) is 4.99 Å². The first-order valence-corrected chi connectivity index (χ1v) is 9.60. The summed E-state index contributed by atoms with van der Waals surface area (Å²) < 4.78 is 5.17. The van der Waals surface area contributed by atoms with Crippen molar-refractivity contribution < 1.29 is 9.53 Å². The van der Waals surface area contributed by atoms with Gasteiger partial charge >= 0.3 is 0 Å². The number of hydrogen-bond donors (Lipinski definition) is 2. The van der Waals surface area contributed by atoms with Gasteiger partial charge in [0.05, 0.1) is 31.1 Å². The van der Waals surface area contributed by atoms with Gasteiger partial charge in [-0.3, -0.25) is 14.8 Å². The van der Waals surface area contributed by atoms with Crippen LogP contribution in [-0.2, 0) is 4.74 Å². The van der Waals surface area contributed by atoms with E-state index in [0.717, 1.165) is 30.1 Å². The Morgan fingerprint density at radius 1 is 1.25 bits per heavy atom. The number of amides is 1. The highest BCUT2D eigenvalue weighted by atomic mass is 16.5. The van der Waals surface area contributed by atoms with Crippen LogP contribution in [-0.4, -0.2) is 60.5 Å². The number of hydrogen-bond acceptors (Lipinski definition) is 5. The second kappa shape index (κ2) is 7.98. The molecule has 2 aliphatic rings. The van der Waals surface area contributed by atoms with E-state index in [1.165, 1.54) is 0 Å². The summed E-state index contributed by atoms with van der Waals surface area (Å²) in [7, 11) is 1.67. The molecule has 2 aromatic rings. The molecule has 28 heavy (non-hydrogen) atoms. The number of benzene rings is 1. The maximum atomic E-state index is 13.0. The molecule has 0 bridgehead atoms. The Morgan fingerprint density at radius 3 is 2.86 bits per heavy atom. The topological polar surface area (TPSA) is 78.9 Å². The fourth-order valence-corrected chi connectivity index (χ4v) is 3.88. The lowest BCUT2D eigenvalue weighted by molar-refractivity contribution is 0.0688. The van der Waals surface area contributed by atoms with Gasteiger partial charge in [0.1, 0.15) is 17.1 Å². The first-order valence-electron chi connectivity index (χ1n) is 9.60. The average molecular weight is 379 g/mol. The minimum atomic E-state index is -0.440. The summed E-state index contributed by atoms with van der Waals surface area (Å²) in [6.07, 6.45) is 3.44. The monoisotopic (exact) mass is 379 g/mol. The van der Waals surface area contributed by atoms with Crippen LogP contribution in [0.5, 0.6) is 0 Å². The fraction of sp³-hybridized carbons (Fsp3) is 0.381. The molecular formula is C21H25N5O2. The molecule has 0 radical (unpaired) electrons. The highest BCUT2D eigenvalue weighted by Crippen LogP contribution is 2.36. The Balaban J connectivity index is 1.64. The van der Waals surface area contributed by atoms with Crippen LogP contribution in [0.15, 0.2) is 53.7 Å². The average Bonchev–Trinajstić information content (AvgIpc) is 2.74. The Labute approximate surface area is 164 Å². The second-order valence-electron chi connectivity index (χ2n) is 7.15. The molecule has 7 heteroatoms. The smallest absolute Gasteiger partial charge is 0.272 e. The number of anilines is 2. The summed E-state index contributed by atoms with van der Waals surface area (Å²) in [4.78, 5) is 23.9. The molecule has 1 aromatic heterocycles. The van der Waals surface area contributed by atoms with E-state index in [2.05, 4.69) is 21.7 Å². The molecule has 1 atom stereocenters. The maximum absolute atomic E-state index is 13.0. The standard InChI is InChI=1S/C21H25N5O2/c1-28-14-12-23-20-21(25-17-8-3-2-7-16(17)24-20)10-6-13-26(15-21)19(27)18-9-4-5-11-22-18/h2-5,7-9,11,25H,6,10,12-15H2,1H3,(H,23,24). The number of ether oxygens (including phenoxy) is 1. The highest BCUT2D eigenvalue weighted by molar-refractivity contribution is 6.10. The van der Waals surface area contributed by atoms with E-state index in [0.29, 0.717) is 31.9 Å². The first kappa shape index (κ1) is 18.4. The largest absolute Gasteiger partial charge is 0.383 e. The Kier molecular flexibility index (Phi) is 5.25. The van der Waals surface area contributed by atoms with Crippen LogP contribution in [0.4, 0.5) is 11.4 Å². The van der Waals surface area contributed by atoms with Gasteiger partial charge in [-0.2, -0.15) is 0 Å². The number of carbonyl (C=O) groups excluding carboxylic acids is 1. The van der Waals surface area contributed by atoms with Crippen LogP contribution < -0.4 is 10.6 Å². The third-order valence-electron chi connectivity index (χ3n) is 5.24. The minimum Gasteiger partial charge on any atom is -0.383 e. The predicted octanol–water partition coefficient (Wildman–Crippen LogP) is 2.64. The van der Waals surface area contributed by atoms with Crippen LogP contribution in [0.2, 0.25) is 0 Å². The quantitative estimate of drug-likeness (QED) is 0.799. The summed E-state index contributed by atoms with van der Waals surface area (Å²) in [5.41, 5.74) is 2.06. The SMILES string of the molecule is COCCN=C1Nc2ccccc2NC12CCCN(C(=O)c1ccccn1)C2. The normalized spacial score (nSPS) is 22.5. The number of carbonyl (C=O) groups is 1. The van der Waals surface area contributed by atoms with Gasteiger partial charge in [-0.15, -0.1) is 0 Å². The van der Waals surface area contributed by atoms with E-state index in [1.807, 2.05) is 35.2 Å². The molecule has 1 unspecified atom stereocenters. The van der Waals surface area contributed by atoms with Crippen molar-refractivity contribution in [1.29, 1.82) is 0 Å². The molecule has 1 amide bonds. The van der Waals surface area contributed by atoms with Crippen molar-refractivity contribution in [3.63, 3.8) is 0 Å². The van der Waals surface area contributed by atoms with Gasteiger partial charge in [-0.05, 0) is 37.1 Å². The van der Waals surface area contributed by atoms with E-state index in [1.54, 1.807) is 19.4 Å². The van der Waals surface area contributed by atoms with Gasteiger partial charge in [0.15, 0.2) is 0 Å². The van der Waals surface area contributed by atoms with Gasteiger partial charge in [0, 0.05) is 19.9 Å². The molecule has 3 heterocycles. The van der Waals surface area contributed by atoms with Crippen LogP contribution in [0.3, 0.4) is 0 Å². The number of piperidine rings is 1. The number of amidine groups is 1. The molecule has 1 spiro atoms. The lowest BCUT2D eigenvalue weighted by Crippen LogP contribution is -2.62. The van der Waals surface area contributed by atoms with E-state index < -0.39 is 5.54 Å². The molecule has 1 saturated heterocycles. The summed E-state index contributed by atoms with van der Waals surface area (Å²) in [5.74, 6) is 0.818. The highest BCUT2D eigenvalue weighted by Gasteiger charge is 2.44. The van der Waals surface area contributed by atoms with Gasteiger partial charge in [0.25, 0.3) is 5.91 Å². The number of likely N-dealkylation sites (tertiary alicyclic amines) is 1. The molecular weight excluding hydrogens is 354 g/mol. The summed E-state index contributed by atoms with van der Waals surface area (Å²) in [6, 6.07) is 13.5. The maximum Gasteiger partial charge on any atom is 0.272 e. The van der Waals surface area contributed by atoms with E-state index in [9.17, 15) is 4.79 Å². The van der Waals surface area contributed by atoms with Crippen molar-refractivity contribution in [1.82, 2.24) is 9.88 Å². The first-order chi connectivity index (χ1) is 13.7. The number of methoxy groups -OCH3 is 1. The molecule has 2 aliphatic heterocycles. The van der Waals surface area contributed by atoms with Gasteiger partial charge in [-0.1, -0.05) is 18.2 Å². The lowest BCUT2D eigenvalue weighted by atomic mass is 9.85. The molecule has 0 saturated carbocycles. The second-order valence-corrected chi connectivity index (χ2v) is 7.15. The third kappa shape index (κ3) is 3.57. The molecule has 1 fully saturated rings. The van der Waals surface area contributed by atoms with Crippen molar-refractivity contribution in [2.75, 3.05) is 44.0 Å². The third-order valence-corrected chi connectivity index (χ3v) is 5.24. The molecule has 146 valence electrons. The number of aromatic nitrogens is 1. The minimum absolute atomic E-state index is 0.0448. The van der Waals surface area contributed by atoms with E-state index in [-0.39, 0.29) is 5.91 Å². The molecule has 4 rings (SSSR count). The van der Waals surface area contributed by atoms with Crippen molar-refractivity contribution in [3.8, 4) is 0 Å². The van der Waals surface area contributed by atoms with Crippen LogP contribution in [0.25, 0.3) is 0 Å². The van der Waals surface area contributed by atoms with Crippen LogP contribution in [0, 0.1) is 0 Å². The van der Waals surface area contributed by atoms with Crippen molar-refractivity contribution in [2.45, 2.75) is 18.4 Å². The number of rotatable bonds is 4. The number of para-hydroxylation sites is 2.